The van der Waals surface area contributed by atoms with Gasteiger partial charge >= 0.3 is 0 Å². The molecule has 0 N–H and O–H groups in total. The standard InChI is InChI=1S/C14H15N3O3/c1-9-15-14(20-16-9)10-7-13(18)17(8-10)11-5-3-4-6-12(11)19-2/h3-6,10H,7-8H2,1-2H3. The molecule has 104 valence electrons. The van der Waals surface area contributed by atoms with Crippen LogP contribution in [0.15, 0.2) is 28.8 Å². The summed E-state index contributed by atoms with van der Waals surface area (Å²) < 4.78 is 10.5. The number of hydrogen-bond donors (Lipinski definition) is 0. The number of aromatic nitrogens is 2. The highest BCUT2D eigenvalue weighted by molar-refractivity contribution is 5.97. The summed E-state index contributed by atoms with van der Waals surface area (Å²) in [6.07, 6.45) is 0.375. The second kappa shape index (κ2) is 4.96. The normalized spacial score (nSPS) is 18.6. The summed E-state index contributed by atoms with van der Waals surface area (Å²) >= 11 is 0. The first-order valence-electron chi connectivity index (χ1n) is 6.42. The van der Waals surface area contributed by atoms with Gasteiger partial charge in [0.2, 0.25) is 11.8 Å². The van der Waals surface area contributed by atoms with Gasteiger partial charge in [-0.1, -0.05) is 17.3 Å². The highest BCUT2D eigenvalue weighted by atomic mass is 16.5. The van der Waals surface area contributed by atoms with Crippen molar-refractivity contribution >= 4 is 11.6 Å². The van der Waals surface area contributed by atoms with E-state index in [0.29, 0.717) is 30.4 Å². The predicted octanol–water partition coefficient (Wildman–Crippen LogP) is 1.91. The van der Waals surface area contributed by atoms with Crippen molar-refractivity contribution in [3.05, 3.63) is 36.0 Å². The molecule has 6 nitrogen and oxygen atoms in total. The molecule has 0 saturated carbocycles. The Morgan fingerprint density at radius 1 is 1.40 bits per heavy atom. The fourth-order valence-corrected chi connectivity index (χ4v) is 2.44. The molecule has 0 bridgehead atoms. The second-order valence-corrected chi connectivity index (χ2v) is 4.76. The van der Waals surface area contributed by atoms with Crippen LogP contribution in [0.1, 0.15) is 24.1 Å². The van der Waals surface area contributed by atoms with Crippen molar-refractivity contribution in [2.24, 2.45) is 0 Å². The summed E-state index contributed by atoms with van der Waals surface area (Å²) in [7, 11) is 1.60. The molecule has 1 aliphatic heterocycles. The third-order valence-corrected chi connectivity index (χ3v) is 3.39. The Bertz CT molecular complexity index is 638. The number of hydrogen-bond acceptors (Lipinski definition) is 5. The van der Waals surface area contributed by atoms with Gasteiger partial charge in [-0.3, -0.25) is 4.79 Å². The van der Waals surface area contributed by atoms with Crippen LogP contribution < -0.4 is 9.64 Å². The third-order valence-electron chi connectivity index (χ3n) is 3.39. The molecule has 1 unspecified atom stereocenters. The van der Waals surface area contributed by atoms with E-state index in [-0.39, 0.29) is 11.8 Å². The van der Waals surface area contributed by atoms with Crippen molar-refractivity contribution in [3.63, 3.8) is 0 Å². The zero-order valence-electron chi connectivity index (χ0n) is 11.4. The van der Waals surface area contributed by atoms with Crippen LogP contribution in [0.2, 0.25) is 0 Å². The summed E-state index contributed by atoms with van der Waals surface area (Å²) in [5, 5.41) is 3.78. The van der Waals surface area contributed by atoms with Crippen LogP contribution >= 0.6 is 0 Å². The molecule has 1 atom stereocenters. The SMILES string of the molecule is COc1ccccc1N1CC(c2nc(C)no2)CC1=O. The van der Waals surface area contributed by atoms with Gasteiger partial charge in [-0.15, -0.1) is 0 Å². The van der Waals surface area contributed by atoms with Crippen LogP contribution in [-0.2, 0) is 4.79 Å². The highest BCUT2D eigenvalue weighted by Crippen LogP contribution is 2.35. The van der Waals surface area contributed by atoms with E-state index in [2.05, 4.69) is 10.1 Å². The van der Waals surface area contributed by atoms with Crippen molar-refractivity contribution in [3.8, 4) is 5.75 Å². The maximum atomic E-state index is 12.2. The smallest absolute Gasteiger partial charge is 0.232 e. The van der Waals surface area contributed by atoms with E-state index in [1.165, 1.54) is 0 Å². The Morgan fingerprint density at radius 2 is 2.20 bits per heavy atom. The molecule has 3 rings (SSSR count). The van der Waals surface area contributed by atoms with Crippen LogP contribution in [0.25, 0.3) is 0 Å². The number of para-hydroxylation sites is 2. The molecule has 0 spiro atoms. The van der Waals surface area contributed by atoms with Crippen LogP contribution in [0.4, 0.5) is 5.69 Å². The molecular weight excluding hydrogens is 258 g/mol. The van der Waals surface area contributed by atoms with Gasteiger partial charge in [0.15, 0.2) is 5.82 Å². The predicted molar refractivity (Wildman–Crippen MR) is 71.7 cm³/mol. The minimum atomic E-state index is -0.0615. The Morgan fingerprint density at radius 3 is 2.90 bits per heavy atom. The van der Waals surface area contributed by atoms with E-state index in [1.54, 1.807) is 18.9 Å². The Balaban J connectivity index is 1.87. The van der Waals surface area contributed by atoms with Gasteiger partial charge in [-0.2, -0.15) is 4.98 Å². The average Bonchev–Trinajstić information content (AvgIpc) is 3.05. The number of benzene rings is 1. The van der Waals surface area contributed by atoms with Gasteiger partial charge in [0, 0.05) is 13.0 Å². The van der Waals surface area contributed by atoms with Crippen LogP contribution in [0.3, 0.4) is 0 Å². The first kappa shape index (κ1) is 12.7. The number of rotatable bonds is 3. The maximum absolute atomic E-state index is 12.2. The number of ether oxygens (including phenoxy) is 1. The highest BCUT2D eigenvalue weighted by Gasteiger charge is 2.35. The summed E-state index contributed by atoms with van der Waals surface area (Å²) in [6.45, 7) is 2.29. The van der Waals surface area contributed by atoms with E-state index in [0.717, 1.165) is 5.69 Å². The lowest BCUT2D eigenvalue weighted by Gasteiger charge is -2.18. The lowest BCUT2D eigenvalue weighted by atomic mass is 10.1. The lowest BCUT2D eigenvalue weighted by Crippen LogP contribution is -2.24. The van der Waals surface area contributed by atoms with Gasteiger partial charge in [-0.25, -0.2) is 0 Å². The molecule has 6 heteroatoms. The lowest BCUT2D eigenvalue weighted by molar-refractivity contribution is -0.117. The molecule has 1 aromatic carbocycles. The summed E-state index contributed by atoms with van der Waals surface area (Å²) in [6, 6.07) is 7.47. The molecule has 2 heterocycles. The van der Waals surface area contributed by atoms with Gasteiger partial charge in [0.05, 0.1) is 18.7 Å². The first-order valence-corrected chi connectivity index (χ1v) is 6.42. The number of amides is 1. The van der Waals surface area contributed by atoms with Crippen LogP contribution in [-0.4, -0.2) is 29.7 Å². The molecule has 1 saturated heterocycles. The molecule has 2 aromatic rings. The number of nitrogens with zero attached hydrogens (tertiary/aromatic N) is 3. The van der Waals surface area contributed by atoms with Gasteiger partial charge in [0.1, 0.15) is 5.75 Å². The van der Waals surface area contributed by atoms with Gasteiger partial charge in [0.25, 0.3) is 0 Å². The van der Waals surface area contributed by atoms with E-state index in [1.807, 2.05) is 24.3 Å². The average molecular weight is 273 g/mol. The largest absolute Gasteiger partial charge is 0.495 e. The minimum Gasteiger partial charge on any atom is -0.495 e. The van der Waals surface area contributed by atoms with Crippen molar-refractivity contribution in [2.45, 2.75) is 19.3 Å². The van der Waals surface area contributed by atoms with Crippen LogP contribution in [0, 0.1) is 6.92 Å². The van der Waals surface area contributed by atoms with Crippen molar-refractivity contribution in [1.82, 2.24) is 10.1 Å². The minimum absolute atomic E-state index is 0.0374. The van der Waals surface area contributed by atoms with Crippen molar-refractivity contribution < 1.29 is 14.1 Å². The second-order valence-electron chi connectivity index (χ2n) is 4.76. The topological polar surface area (TPSA) is 68.5 Å². The fraction of sp³-hybridized carbons (Fsp3) is 0.357. The number of methoxy groups -OCH3 is 1. The molecule has 0 aliphatic carbocycles. The number of anilines is 1. The summed E-state index contributed by atoms with van der Waals surface area (Å²) in [5.41, 5.74) is 0.777. The molecule has 20 heavy (non-hydrogen) atoms. The fourth-order valence-electron chi connectivity index (χ4n) is 2.44. The molecular formula is C14H15N3O3. The molecule has 1 amide bonds. The zero-order chi connectivity index (χ0) is 14.1. The molecule has 1 fully saturated rings. The zero-order valence-corrected chi connectivity index (χ0v) is 11.4. The van der Waals surface area contributed by atoms with Crippen molar-refractivity contribution in [1.29, 1.82) is 0 Å². The number of carbonyl (C=O) groups excluding carboxylic acids is 1. The Hall–Kier alpha value is -2.37. The summed E-state index contributed by atoms with van der Waals surface area (Å²) in [5.74, 6) is 1.77. The third kappa shape index (κ3) is 2.13. The van der Waals surface area contributed by atoms with Crippen molar-refractivity contribution in [2.75, 3.05) is 18.6 Å². The van der Waals surface area contributed by atoms with Crippen LogP contribution in [0.5, 0.6) is 5.75 Å². The molecule has 1 aliphatic rings. The molecule has 0 radical (unpaired) electrons. The van der Waals surface area contributed by atoms with E-state index >= 15 is 0 Å². The van der Waals surface area contributed by atoms with E-state index in [4.69, 9.17) is 9.26 Å². The van der Waals surface area contributed by atoms with E-state index in [9.17, 15) is 4.79 Å². The van der Waals surface area contributed by atoms with Gasteiger partial charge < -0.3 is 14.2 Å². The van der Waals surface area contributed by atoms with E-state index < -0.39 is 0 Å². The molecule has 1 aromatic heterocycles. The quantitative estimate of drug-likeness (QED) is 0.854. The maximum Gasteiger partial charge on any atom is 0.232 e. The summed E-state index contributed by atoms with van der Waals surface area (Å²) in [4.78, 5) is 18.1. The Kier molecular flexibility index (Phi) is 3.14. The van der Waals surface area contributed by atoms with Gasteiger partial charge in [-0.05, 0) is 19.1 Å². The Labute approximate surface area is 116 Å². The number of aryl methyl sites for hydroxylation is 1. The first-order chi connectivity index (χ1) is 9.69. The number of carbonyl (C=O) groups is 1. The monoisotopic (exact) mass is 273 g/mol.